The molecule has 1 rings (SSSR count). The number of halogens is 1. The number of methoxy groups -OCH3 is 1. The van der Waals surface area contributed by atoms with Crippen molar-refractivity contribution in [1.82, 2.24) is 4.98 Å². The summed E-state index contributed by atoms with van der Waals surface area (Å²) in [6, 6.07) is 3.69. The van der Waals surface area contributed by atoms with E-state index < -0.39 is 0 Å². The molecule has 0 bridgehead atoms. The third kappa shape index (κ3) is 4.83. The standard InChI is InChI=1S/C15H22ClNO2/c1-11(14(18)19-4)6-5-8-15(2,3)13-10-12(16)7-9-17-13/h7,9-11H,5-6,8H2,1-4H3. The number of ether oxygens (including phenoxy) is 1. The van der Waals surface area contributed by atoms with Crippen molar-refractivity contribution < 1.29 is 9.53 Å². The van der Waals surface area contributed by atoms with Crippen molar-refractivity contribution in [2.24, 2.45) is 5.92 Å². The first-order valence-corrected chi connectivity index (χ1v) is 6.94. The molecule has 0 amide bonds. The van der Waals surface area contributed by atoms with E-state index in [4.69, 9.17) is 16.3 Å². The molecule has 1 unspecified atom stereocenters. The highest BCUT2D eigenvalue weighted by atomic mass is 35.5. The third-order valence-corrected chi connectivity index (χ3v) is 3.69. The molecule has 1 aromatic heterocycles. The van der Waals surface area contributed by atoms with Crippen molar-refractivity contribution in [2.75, 3.05) is 7.11 Å². The summed E-state index contributed by atoms with van der Waals surface area (Å²) >= 11 is 5.99. The van der Waals surface area contributed by atoms with Gasteiger partial charge in [-0.25, -0.2) is 0 Å². The van der Waals surface area contributed by atoms with Gasteiger partial charge >= 0.3 is 5.97 Å². The molecule has 106 valence electrons. The van der Waals surface area contributed by atoms with E-state index >= 15 is 0 Å². The molecule has 0 N–H and O–H groups in total. The summed E-state index contributed by atoms with van der Waals surface area (Å²) in [5.41, 5.74) is 0.950. The Morgan fingerprint density at radius 3 is 2.79 bits per heavy atom. The summed E-state index contributed by atoms with van der Waals surface area (Å²) in [5.74, 6) is -0.188. The monoisotopic (exact) mass is 283 g/mol. The molecule has 19 heavy (non-hydrogen) atoms. The van der Waals surface area contributed by atoms with Crippen LogP contribution in [0.5, 0.6) is 0 Å². The highest BCUT2D eigenvalue weighted by molar-refractivity contribution is 6.30. The Labute approximate surface area is 120 Å². The molecule has 1 aromatic rings. The summed E-state index contributed by atoms with van der Waals surface area (Å²) in [7, 11) is 1.43. The lowest BCUT2D eigenvalue weighted by atomic mass is 9.82. The quantitative estimate of drug-likeness (QED) is 0.741. The number of pyridine rings is 1. The number of hydrogen-bond donors (Lipinski definition) is 0. The van der Waals surface area contributed by atoms with Gasteiger partial charge in [-0.05, 0) is 25.0 Å². The Kier molecular flexibility index (Phi) is 5.80. The van der Waals surface area contributed by atoms with Crippen molar-refractivity contribution in [3.63, 3.8) is 0 Å². The zero-order chi connectivity index (χ0) is 14.5. The maximum absolute atomic E-state index is 11.3. The molecule has 1 atom stereocenters. The van der Waals surface area contributed by atoms with Crippen LogP contribution in [-0.4, -0.2) is 18.1 Å². The number of carbonyl (C=O) groups excluding carboxylic acids is 1. The van der Waals surface area contributed by atoms with Crippen LogP contribution in [-0.2, 0) is 14.9 Å². The Morgan fingerprint density at radius 2 is 2.21 bits per heavy atom. The van der Waals surface area contributed by atoms with Gasteiger partial charge in [0.2, 0.25) is 0 Å². The fraction of sp³-hybridized carbons (Fsp3) is 0.600. The van der Waals surface area contributed by atoms with Crippen LogP contribution < -0.4 is 0 Å². The second-order valence-electron chi connectivity index (χ2n) is 5.56. The van der Waals surface area contributed by atoms with Crippen LogP contribution in [0.3, 0.4) is 0 Å². The lowest BCUT2D eigenvalue weighted by Gasteiger charge is -2.24. The first-order chi connectivity index (χ1) is 8.86. The first kappa shape index (κ1) is 16.0. The molecule has 0 saturated carbocycles. The molecule has 0 radical (unpaired) electrons. The van der Waals surface area contributed by atoms with Gasteiger partial charge in [0.15, 0.2) is 0 Å². The van der Waals surface area contributed by atoms with Crippen LogP contribution >= 0.6 is 11.6 Å². The molecule has 0 fully saturated rings. The average Bonchev–Trinajstić information content (AvgIpc) is 2.37. The summed E-state index contributed by atoms with van der Waals surface area (Å²) < 4.78 is 4.73. The van der Waals surface area contributed by atoms with Gasteiger partial charge in [-0.2, -0.15) is 0 Å². The second-order valence-corrected chi connectivity index (χ2v) is 6.00. The Hall–Kier alpha value is -1.09. The molecule has 0 aliphatic heterocycles. The minimum atomic E-state index is -0.140. The lowest BCUT2D eigenvalue weighted by molar-refractivity contribution is -0.145. The summed E-state index contributed by atoms with van der Waals surface area (Å²) in [5, 5.41) is 0.709. The Balaban J connectivity index is 2.54. The molecule has 1 heterocycles. The minimum absolute atomic E-state index is 0.0409. The van der Waals surface area contributed by atoms with E-state index in [-0.39, 0.29) is 17.3 Å². The van der Waals surface area contributed by atoms with Gasteiger partial charge in [0, 0.05) is 22.3 Å². The largest absolute Gasteiger partial charge is 0.469 e. The fourth-order valence-electron chi connectivity index (χ4n) is 2.07. The van der Waals surface area contributed by atoms with Crippen LogP contribution in [0.1, 0.15) is 45.7 Å². The Morgan fingerprint density at radius 1 is 1.53 bits per heavy atom. The van der Waals surface area contributed by atoms with Crippen molar-refractivity contribution in [3.05, 3.63) is 29.0 Å². The molecule has 3 nitrogen and oxygen atoms in total. The number of nitrogens with zero attached hydrogens (tertiary/aromatic N) is 1. The minimum Gasteiger partial charge on any atom is -0.469 e. The normalized spacial score (nSPS) is 13.1. The van der Waals surface area contributed by atoms with Crippen molar-refractivity contribution in [1.29, 1.82) is 0 Å². The van der Waals surface area contributed by atoms with Crippen molar-refractivity contribution in [2.45, 2.75) is 45.4 Å². The SMILES string of the molecule is COC(=O)C(C)CCCC(C)(C)c1cc(Cl)ccn1. The second kappa shape index (κ2) is 6.90. The molecule has 0 aliphatic carbocycles. The van der Waals surface area contributed by atoms with Gasteiger partial charge in [0.25, 0.3) is 0 Å². The molecular weight excluding hydrogens is 262 g/mol. The van der Waals surface area contributed by atoms with E-state index in [1.807, 2.05) is 13.0 Å². The van der Waals surface area contributed by atoms with E-state index in [0.29, 0.717) is 5.02 Å². The maximum atomic E-state index is 11.3. The molecule has 0 aromatic carbocycles. The van der Waals surface area contributed by atoms with Crippen molar-refractivity contribution >= 4 is 17.6 Å². The zero-order valence-corrected chi connectivity index (χ0v) is 12.8. The predicted molar refractivity (Wildman–Crippen MR) is 77.3 cm³/mol. The van der Waals surface area contributed by atoms with E-state index in [2.05, 4.69) is 18.8 Å². The number of rotatable bonds is 6. The molecule has 0 aliphatic rings. The topological polar surface area (TPSA) is 39.2 Å². The smallest absolute Gasteiger partial charge is 0.308 e. The zero-order valence-electron chi connectivity index (χ0n) is 12.1. The van der Waals surface area contributed by atoms with Crippen LogP contribution in [0.25, 0.3) is 0 Å². The molecule has 4 heteroatoms. The van der Waals surface area contributed by atoms with Crippen LogP contribution in [0.15, 0.2) is 18.3 Å². The summed E-state index contributed by atoms with van der Waals surface area (Å²) in [6.07, 6.45) is 4.48. The van der Waals surface area contributed by atoms with Crippen molar-refractivity contribution in [3.8, 4) is 0 Å². The Bertz CT molecular complexity index is 432. The average molecular weight is 284 g/mol. The van der Waals surface area contributed by atoms with Crippen LogP contribution in [0.4, 0.5) is 0 Å². The number of aromatic nitrogens is 1. The number of esters is 1. The molecule has 0 spiro atoms. The van der Waals surface area contributed by atoms with Gasteiger partial charge in [-0.3, -0.25) is 9.78 Å². The number of carbonyl (C=O) groups is 1. The summed E-state index contributed by atoms with van der Waals surface area (Å²) in [4.78, 5) is 15.7. The highest BCUT2D eigenvalue weighted by Gasteiger charge is 2.23. The summed E-state index contributed by atoms with van der Waals surface area (Å²) in [6.45, 7) is 6.19. The van der Waals surface area contributed by atoms with E-state index in [1.165, 1.54) is 7.11 Å². The molecular formula is C15H22ClNO2. The van der Waals surface area contributed by atoms with Gasteiger partial charge in [-0.1, -0.05) is 38.8 Å². The maximum Gasteiger partial charge on any atom is 0.308 e. The van der Waals surface area contributed by atoms with Crippen LogP contribution in [0.2, 0.25) is 5.02 Å². The molecule has 0 saturated heterocycles. The van der Waals surface area contributed by atoms with Gasteiger partial charge < -0.3 is 4.74 Å². The van der Waals surface area contributed by atoms with Gasteiger partial charge in [0.05, 0.1) is 13.0 Å². The van der Waals surface area contributed by atoms with Gasteiger partial charge in [0.1, 0.15) is 0 Å². The first-order valence-electron chi connectivity index (χ1n) is 6.56. The van der Waals surface area contributed by atoms with Gasteiger partial charge in [-0.15, -0.1) is 0 Å². The van der Waals surface area contributed by atoms with E-state index in [1.54, 1.807) is 12.3 Å². The van der Waals surface area contributed by atoms with E-state index in [9.17, 15) is 4.79 Å². The van der Waals surface area contributed by atoms with Crippen LogP contribution in [0, 0.1) is 5.92 Å². The predicted octanol–water partition coefficient (Wildman–Crippen LogP) is 3.99. The lowest BCUT2D eigenvalue weighted by Crippen LogP contribution is -2.20. The third-order valence-electron chi connectivity index (χ3n) is 3.46. The number of hydrogen-bond acceptors (Lipinski definition) is 3. The van der Waals surface area contributed by atoms with E-state index in [0.717, 1.165) is 25.0 Å². The fourth-order valence-corrected chi connectivity index (χ4v) is 2.23. The highest BCUT2D eigenvalue weighted by Crippen LogP contribution is 2.29.